The molecule has 2 rings (SSSR count). The third kappa shape index (κ3) is 4.20. The highest BCUT2D eigenvalue weighted by atomic mass is 32.2. The van der Waals surface area contributed by atoms with Crippen molar-refractivity contribution in [1.29, 1.82) is 0 Å². The third-order valence-electron chi connectivity index (χ3n) is 2.62. The van der Waals surface area contributed by atoms with Crippen LogP contribution in [0.25, 0.3) is 6.08 Å². The van der Waals surface area contributed by atoms with E-state index in [4.69, 9.17) is 0 Å². The van der Waals surface area contributed by atoms with Crippen molar-refractivity contribution in [2.24, 2.45) is 0 Å². The van der Waals surface area contributed by atoms with Crippen molar-refractivity contribution in [3.63, 3.8) is 0 Å². The number of nitrogens with one attached hydrogen (secondary N) is 1. The lowest BCUT2D eigenvalue weighted by Gasteiger charge is -2.03. The van der Waals surface area contributed by atoms with Crippen LogP contribution in [0.5, 0.6) is 0 Å². The van der Waals surface area contributed by atoms with Crippen molar-refractivity contribution in [2.75, 3.05) is 4.72 Å². The minimum Gasteiger partial charge on any atom is -0.280 e. The maximum absolute atomic E-state index is 12.7. The molecule has 0 unspecified atom stereocenters. The van der Waals surface area contributed by atoms with Crippen molar-refractivity contribution in [1.82, 2.24) is 0 Å². The Balaban J connectivity index is 2.11. The maximum atomic E-state index is 12.7. The SMILES string of the molecule is Cc1ccc(/C=C/S(=O)(=O)Nc2ccc(F)cc2)cc1. The Hall–Kier alpha value is -2.14. The van der Waals surface area contributed by atoms with E-state index >= 15 is 0 Å². The predicted octanol–water partition coefficient (Wildman–Crippen LogP) is 3.55. The summed E-state index contributed by atoms with van der Waals surface area (Å²) in [6.45, 7) is 1.96. The zero-order chi connectivity index (χ0) is 14.6. The summed E-state index contributed by atoms with van der Waals surface area (Å²) < 4.78 is 38.7. The highest BCUT2D eigenvalue weighted by Crippen LogP contribution is 2.12. The van der Waals surface area contributed by atoms with Gasteiger partial charge in [0.2, 0.25) is 0 Å². The molecule has 5 heteroatoms. The Morgan fingerprint density at radius 2 is 1.60 bits per heavy atom. The van der Waals surface area contributed by atoms with Crippen LogP contribution in [0.2, 0.25) is 0 Å². The molecule has 1 N–H and O–H groups in total. The number of hydrogen-bond acceptors (Lipinski definition) is 2. The van der Waals surface area contributed by atoms with Crippen LogP contribution in [0.1, 0.15) is 11.1 Å². The first-order chi connectivity index (χ1) is 9.44. The van der Waals surface area contributed by atoms with Gasteiger partial charge in [0.25, 0.3) is 10.0 Å². The van der Waals surface area contributed by atoms with Crippen molar-refractivity contribution < 1.29 is 12.8 Å². The monoisotopic (exact) mass is 291 g/mol. The Bertz CT molecular complexity index is 705. The van der Waals surface area contributed by atoms with Gasteiger partial charge in [0.15, 0.2) is 0 Å². The van der Waals surface area contributed by atoms with Gasteiger partial charge in [0.05, 0.1) is 5.41 Å². The normalized spacial score (nSPS) is 11.7. The second kappa shape index (κ2) is 5.88. The Labute approximate surface area is 117 Å². The number of anilines is 1. The number of benzene rings is 2. The smallest absolute Gasteiger partial charge is 0.255 e. The van der Waals surface area contributed by atoms with Crippen molar-refractivity contribution in [3.05, 3.63) is 70.9 Å². The molecule has 0 fully saturated rings. The molecule has 0 aliphatic carbocycles. The van der Waals surface area contributed by atoms with Gasteiger partial charge in [-0.1, -0.05) is 29.8 Å². The van der Waals surface area contributed by atoms with Crippen molar-refractivity contribution >= 4 is 21.8 Å². The molecule has 0 radical (unpaired) electrons. The van der Waals surface area contributed by atoms with Gasteiger partial charge in [-0.15, -0.1) is 0 Å². The Kier molecular flexibility index (Phi) is 4.20. The summed E-state index contributed by atoms with van der Waals surface area (Å²) in [5.74, 6) is -0.414. The number of aryl methyl sites for hydroxylation is 1. The average molecular weight is 291 g/mol. The van der Waals surface area contributed by atoms with Crippen LogP contribution in [0.4, 0.5) is 10.1 Å². The predicted molar refractivity (Wildman–Crippen MR) is 79.2 cm³/mol. The number of rotatable bonds is 4. The topological polar surface area (TPSA) is 46.2 Å². The van der Waals surface area contributed by atoms with Crippen molar-refractivity contribution in [3.8, 4) is 0 Å². The van der Waals surface area contributed by atoms with Gasteiger partial charge in [-0.2, -0.15) is 0 Å². The first-order valence-corrected chi connectivity index (χ1v) is 7.52. The van der Waals surface area contributed by atoms with E-state index in [9.17, 15) is 12.8 Å². The van der Waals surface area contributed by atoms with Gasteiger partial charge < -0.3 is 0 Å². The fourth-order valence-electron chi connectivity index (χ4n) is 1.56. The molecular weight excluding hydrogens is 277 g/mol. The largest absolute Gasteiger partial charge is 0.280 e. The summed E-state index contributed by atoms with van der Waals surface area (Å²) in [5.41, 5.74) is 2.22. The van der Waals surface area contributed by atoms with Gasteiger partial charge in [-0.25, -0.2) is 12.8 Å². The molecule has 0 heterocycles. The highest BCUT2D eigenvalue weighted by Gasteiger charge is 2.05. The van der Waals surface area contributed by atoms with Crippen molar-refractivity contribution in [2.45, 2.75) is 6.92 Å². The van der Waals surface area contributed by atoms with E-state index in [2.05, 4.69) is 4.72 Å². The zero-order valence-corrected chi connectivity index (χ0v) is 11.7. The third-order valence-corrected chi connectivity index (χ3v) is 3.64. The second-order valence-corrected chi connectivity index (χ2v) is 5.93. The number of sulfonamides is 1. The van der Waals surface area contributed by atoms with E-state index in [1.165, 1.54) is 30.3 Å². The quantitative estimate of drug-likeness (QED) is 0.936. The Morgan fingerprint density at radius 1 is 1.00 bits per heavy atom. The zero-order valence-electron chi connectivity index (χ0n) is 10.9. The molecule has 0 bridgehead atoms. The summed E-state index contributed by atoms with van der Waals surface area (Å²) >= 11 is 0. The fourth-order valence-corrected chi connectivity index (χ4v) is 2.43. The van der Waals surface area contributed by atoms with Crippen LogP contribution in [0, 0.1) is 12.7 Å². The molecule has 0 aliphatic rings. The molecule has 104 valence electrons. The minimum atomic E-state index is -3.61. The first-order valence-electron chi connectivity index (χ1n) is 5.98. The second-order valence-electron chi connectivity index (χ2n) is 4.37. The lowest BCUT2D eigenvalue weighted by molar-refractivity contribution is 0.609. The van der Waals surface area contributed by atoms with E-state index < -0.39 is 15.8 Å². The van der Waals surface area contributed by atoms with Crippen LogP contribution in [0.15, 0.2) is 53.9 Å². The van der Waals surface area contributed by atoms with Gasteiger partial charge in [-0.3, -0.25) is 4.72 Å². The summed E-state index contributed by atoms with van der Waals surface area (Å²) in [6, 6.07) is 12.6. The standard InChI is InChI=1S/C15H14FNO2S/c1-12-2-4-13(5-3-12)10-11-20(18,19)17-15-8-6-14(16)7-9-15/h2-11,17H,1H3/b11-10+. The van der Waals surface area contributed by atoms with E-state index in [1.54, 1.807) is 0 Å². The number of hydrogen-bond donors (Lipinski definition) is 1. The summed E-state index contributed by atoms with van der Waals surface area (Å²) in [5, 5.41) is 1.08. The summed E-state index contributed by atoms with van der Waals surface area (Å²) in [7, 11) is -3.61. The van der Waals surface area contributed by atoms with E-state index in [1.807, 2.05) is 31.2 Å². The molecule has 0 atom stereocenters. The average Bonchev–Trinajstić information content (AvgIpc) is 2.41. The highest BCUT2D eigenvalue weighted by molar-refractivity contribution is 7.95. The summed E-state index contributed by atoms with van der Waals surface area (Å²) in [6.07, 6.45) is 1.51. The van der Waals surface area contributed by atoms with Crippen LogP contribution in [-0.2, 0) is 10.0 Å². The lowest BCUT2D eigenvalue weighted by atomic mass is 10.2. The minimum absolute atomic E-state index is 0.319. The van der Waals surface area contributed by atoms with Gasteiger partial charge in [0, 0.05) is 5.69 Å². The first kappa shape index (κ1) is 14.3. The Morgan fingerprint density at radius 3 is 2.20 bits per heavy atom. The molecule has 0 saturated carbocycles. The molecule has 0 amide bonds. The molecule has 0 aromatic heterocycles. The molecule has 0 saturated heterocycles. The summed E-state index contributed by atoms with van der Waals surface area (Å²) in [4.78, 5) is 0. The van der Waals surface area contributed by atoms with Gasteiger partial charge in [0.1, 0.15) is 5.82 Å². The molecule has 2 aromatic carbocycles. The maximum Gasteiger partial charge on any atom is 0.255 e. The molecule has 0 spiro atoms. The lowest BCUT2D eigenvalue weighted by Crippen LogP contribution is -2.08. The van der Waals surface area contributed by atoms with Gasteiger partial charge >= 0.3 is 0 Å². The molecular formula is C15H14FNO2S. The fraction of sp³-hybridized carbons (Fsp3) is 0.0667. The molecule has 3 nitrogen and oxygen atoms in total. The number of halogens is 1. The van der Waals surface area contributed by atoms with Crippen LogP contribution >= 0.6 is 0 Å². The molecule has 20 heavy (non-hydrogen) atoms. The van der Waals surface area contributed by atoms with E-state index in [0.29, 0.717) is 5.69 Å². The van der Waals surface area contributed by atoms with Gasteiger partial charge in [-0.05, 0) is 42.8 Å². The van der Waals surface area contributed by atoms with E-state index in [0.717, 1.165) is 16.5 Å². The van der Waals surface area contributed by atoms with E-state index in [-0.39, 0.29) is 0 Å². The van der Waals surface area contributed by atoms with Crippen LogP contribution in [0.3, 0.4) is 0 Å². The van der Waals surface area contributed by atoms with Crippen LogP contribution < -0.4 is 4.72 Å². The van der Waals surface area contributed by atoms with Crippen LogP contribution in [-0.4, -0.2) is 8.42 Å². The molecule has 0 aliphatic heterocycles. The molecule has 2 aromatic rings.